The zero-order chi connectivity index (χ0) is 8.72. The van der Waals surface area contributed by atoms with E-state index in [0.29, 0.717) is 4.90 Å². The van der Waals surface area contributed by atoms with Crippen LogP contribution in [0.3, 0.4) is 0 Å². The standard InChI is InChI=1S/C8H4FIS2/c9-6-2-4(11)1-5-7(10)3-12-8(5)6/h1-3,11H. The predicted molar refractivity (Wildman–Crippen MR) is 61.8 cm³/mol. The van der Waals surface area contributed by atoms with Crippen molar-refractivity contribution in [2.24, 2.45) is 0 Å². The van der Waals surface area contributed by atoms with Gasteiger partial charge in [0.05, 0.1) is 4.70 Å². The Labute approximate surface area is 92.3 Å². The molecule has 0 spiro atoms. The van der Waals surface area contributed by atoms with Gasteiger partial charge in [0.25, 0.3) is 0 Å². The average molecular weight is 310 g/mol. The van der Waals surface area contributed by atoms with Gasteiger partial charge in [-0.25, -0.2) is 4.39 Å². The minimum Gasteiger partial charge on any atom is -0.205 e. The maximum atomic E-state index is 13.2. The van der Waals surface area contributed by atoms with Crippen LogP contribution < -0.4 is 0 Å². The average Bonchev–Trinajstić information content (AvgIpc) is 2.33. The molecule has 4 heteroatoms. The summed E-state index contributed by atoms with van der Waals surface area (Å²) < 4.78 is 15.0. The summed E-state index contributed by atoms with van der Waals surface area (Å²) in [6.07, 6.45) is 0. The topological polar surface area (TPSA) is 0 Å². The molecule has 0 radical (unpaired) electrons. The molecule has 1 aromatic carbocycles. The first-order valence-corrected chi connectivity index (χ1v) is 5.64. The van der Waals surface area contributed by atoms with E-state index in [1.807, 2.05) is 11.4 Å². The van der Waals surface area contributed by atoms with Crippen molar-refractivity contribution in [3.8, 4) is 0 Å². The molecule has 1 heterocycles. The number of hydrogen-bond donors (Lipinski definition) is 1. The highest BCUT2D eigenvalue weighted by Gasteiger charge is 2.06. The lowest BCUT2D eigenvalue weighted by Crippen LogP contribution is -1.75. The fourth-order valence-electron chi connectivity index (χ4n) is 1.05. The molecule has 0 saturated heterocycles. The van der Waals surface area contributed by atoms with Crippen LogP contribution in [0.4, 0.5) is 4.39 Å². The third kappa shape index (κ3) is 1.36. The second-order valence-electron chi connectivity index (χ2n) is 2.39. The lowest BCUT2D eigenvalue weighted by atomic mass is 10.2. The minimum absolute atomic E-state index is 0.176. The molecule has 0 atom stereocenters. The van der Waals surface area contributed by atoms with Gasteiger partial charge in [-0.1, -0.05) is 0 Å². The van der Waals surface area contributed by atoms with Crippen LogP contribution in [-0.4, -0.2) is 0 Å². The Kier molecular flexibility index (Phi) is 2.31. The molecule has 1 aromatic heterocycles. The Morgan fingerprint density at radius 2 is 2.17 bits per heavy atom. The van der Waals surface area contributed by atoms with Crippen molar-refractivity contribution in [3.63, 3.8) is 0 Å². The lowest BCUT2D eigenvalue weighted by Gasteiger charge is -1.94. The second kappa shape index (κ2) is 3.16. The summed E-state index contributed by atoms with van der Waals surface area (Å²) in [6, 6.07) is 3.33. The van der Waals surface area contributed by atoms with E-state index in [0.717, 1.165) is 13.7 Å². The molecule has 0 fully saturated rings. The normalized spacial score (nSPS) is 10.9. The van der Waals surface area contributed by atoms with Crippen molar-refractivity contribution in [2.45, 2.75) is 4.90 Å². The first-order valence-electron chi connectivity index (χ1n) is 3.23. The summed E-state index contributed by atoms with van der Waals surface area (Å²) in [6.45, 7) is 0. The summed E-state index contributed by atoms with van der Waals surface area (Å²) in [5, 5.41) is 2.91. The fraction of sp³-hybridized carbons (Fsp3) is 0. The molecule has 0 N–H and O–H groups in total. The van der Waals surface area contributed by atoms with Crippen molar-refractivity contribution in [1.82, 2.24) is 0 Å². The molecule has 0 bridgehead atoms. The van der Waals surface area contributed by atoms with Crippen LogP contribution in [0.1, 0.15) is 0 Å². The predicted octanol–water partition coefficient (Wildman–Crippen LogP) is 3.93. The largest absolute Gasteiger partial charge is 0.205 e. The number of rotatable bonds is 0. The molecule has 0 aliphatic carbocycles. The molecule has 12 heavy (non-hydrogen) atoms. The van der Waals surface area contributed by atoms with Crippen molar-refractivity contribution < 1.29 is 4.39 Å². The Morgan fingerprint density at radius 1 is 1.42 bits per heavy atom. The van der Waals surface area contributed by atoms with Gasteiger partial charge in [-0.15, -0.1) is 24.0 Å². The summed E-state index contributed by atoms with van der Waals surface area (Å²) in [7, 11) is 0. The van der Waals surface area contributed by atoms with E-state index in [2.05, 4.69) is 35.2 Å². The minimum atomic E-state index is -0.176. The Hall–Kier alpha value is 0.190. The number of benzene rings is 1. The van der Waals surface area contributed by atoms with Gasteiger partial charge in [-0.3, -0.25) is 0 Å². The number of hydrogen-bond acceptors (Lipinski definition) is 2. The van der Waals surface area contributed by atoms with Crippen LogP contribution in [-0.2, 0) is 0 Å². The number of thiophene rings is 1. The molecule has 62 valence electrons. The maximum absolute atomic E-state index is 13.2. The van der Waals surface area contributed by atoms with Gasteiger partial charge in [0.1, 0.15) is 5.82 Å². The molecule has 2 aromatic rings. The molecular formula is C8H4FIS2. The van der Waals surface area contributed by atoms with E-state index in [1.165, 1.54) is 17.4 Å². The first-order chi connectivity index (χ1) is 5.68. The molecular weight excluding hydrogens is 306 g/mol. The fourth-order valence-corrected chi connectivity index (χ4v) is 3.10. The maximum Gasteiger partial charge on any atom is 0.142 e. The van der Waals surface area contributed by atoms with E-state index in [9.17, 15) is 4.39 Å². The molecule has 0 amide bonds. The highest BCUT2D eigenvalue weighted by atomic mass is 127. The van der Waals surface area contributed by atoms with Crippen LogP contribution in [0.25, 0.3) is 10.1 Å². The van der Waals surface area contributed by atoms with Crippen molar-refractivity contribution in [3.05, 3.63) is 26.9 Å². The van der Waals surface area contributed by atoms with E-state index in [4.69, 9.17) is 0 Å². The van der Waals surface area contributed by atoms with Gasteiger partial charge >= 0.3 is 0 Å². The molecule has 0 unspecified atom stereocenters. The lowest BCUT2D eigenvalue weighted by molar-refractivity contribution is 0.638. The summed E-state index contributed by atoms with van der Waals surface area (Å²) in [5.74, 6) is -0.176. The van der Waals surface area contributed by atoms with E-state index in [-0.39, 0.29) is 5.82 Å². The molecule has 0 aliphatic heterocycles. The van der Waals surface area contributed by atoms with Crippen LogP contribution in [0.5, 0.6) is 0 Å². The van der Waals surface area contributed by atoms with E-state index >= 15 is 0 Å². The van der Waals surface area contributed by atoms with Gasteiger partial charge in [0.15, 0.2) is 0 Å². The van der Waals surface area contributed by atoms with Gasteiger partial charge in [0.2, 0.25) is 0 Å². The quantitative estimate of drug-likeness (QED) is 0.553. The van der Waals surface area contributed by atoms with Crippen molar-refractivity contribution >= 4 is 56.6 Å². The molecule has 0 aliphatic rings. The molecule has 2 rings (SSSR count). The third-order valence-corrected chi connectivity index (χ3v) is 4.14. The summed E-state index contributed by atoms with van der Waals surface area (Å²) in [5.41, 5.74) is 0. The Balaban J connectivity index is 2.92. The van der Waals surface area contributed by atoms with Crippen LogP contribution in [0, 0.1) is 9.39 Å². The van der Waals surface area contributed by atoms with Crippen LogP contribution >= 0.6 is 46.6 Å². The zero-order valence-corrected chi connectivity index (χ0v) is 9.71. The highest BCUT2D eigenvalue weighted by molar-refractivity contribution is 14.1. The van der Waals surface area contributed by atoms with Gasteiger partial charge < -0.3 is 0 Å². The van der Waals surface area contributed by atoms with Crippen molar-refractivity contribution in [2.75, 3.05) is 0 Å². The summed E-state index contributed by atoms with van der Waals surface area (Å²) in [4.78, 5) is 0.677. The Bertz CT molecular complexity index is 436. The van der Waals surface area contributed by atoms with Gasteiger partial charge in [0, 0.05) is 19.2 Å². The van der Waals surface area contributed by atoms with Crippen LogP contribution in [0.2, 0.25) is 0 Å². The smallest absolute Gasteiger partial charge is 0.142 e. The zero-order valence-electron chi connectivity index (χ0n) is 5.84. The second-order valence-corrected chi connectivity index (χ2v) is 4.95. The number of halogens is 2. The highest BCUT2D eigenvalue weighted by Crippen LogP contribution is 2.31. The molecule has 0 saturated carbocycles. The van der Waals surface area contributed by atoms with Gasteiger partial charge in [-0.05, 0) is 34.7 Å². The first kappa shape index (κ1) is 8.77. The molecule has 0 nitrogen and oxygen atoms in total. The summed E-state index contributed by atoms with van der Waals surface area (Å²) >= 11 is 7.74. The number of thiol groups is 1. The monoisotopic (exact) mass is 310 g/mol. The number of fused-ring (bicyclic) bond motifs is 1. The van der Waals surface area contributed by atoms with E-state index in [1.54, 1.807) is 0 Å². The van der Waals surface area contributed by atoms with Crippen LogP contribution in [0.15, 0.2) is 22.4 Å². The van der Waals surface area contributed by atoms with E-state index < -0.39 is 0 Å². The Morgan fingerprint density at radius 3 is 2.92 bits per heavy atom. The van der Waals surface area contributed by atoms with Crippen molar-refractivity contribution in [1.29, 1.82) is 0 Å². The SMILES string of the molecule is Fc1cc(S)cc2c(I)csc12. The third-order valence-electron chi connectivity index (χ3n) is 1.57. The van der Waals surface area contributed by atoms with Gasteiger partial charge in [-0.2, -0.15) is 0 Å².